The summed E-state index contributed by atoms with van der Waals surface area (Å²) in [6.45, 7) is 3.68. The number of halogens is 1. The van der Waals surface area contributed by atoms with Crippen LogP contribution in [0.25, 0.3) is 11.4 Å². The first-order chi connectivity index (χ1) is 14.6. The summed E-state index contributed by atoms with van der Waals surface area (Å²) in [4.78, 5) is 17.2. The topological polar surface area (TPSA) is 99.3 Å². The normalized spacial score (nSPS) is 14.5. The number of aromatic nitrogens is 4. The smallest absolute Gasteiger partial charge is 0.262 e. The minimum absolute atomic E-state index is 0.134. The fourth-order valence-corrected chi connectivity index (χ4v) is 3.49. The van der Waals surface area contributed by atoms with E-state index in [1.165, 1.54) is 0 Å². The van der Waals surface area contributed by atoms with E-state index in [1.807, 2.05) is 24.3 Å². The minimum Gasteiger partial charge on any atom is -0.482 e. The predicted molar refractivity (Wildman–Crippen MR) is 115 cm³/mol. The average Bonchev–Trinajstić information content (AvgIpc) is 3.28. The van der Waals surface area contributed by atoms with Gasteiger partial charge in [-0.3, -0.25) is 4.79 Å². The van der Waals surface area contributed by atoms with Crippen LogP contribution in [0.4, 0.5) is 11.4 Å². The molecule has 0 bridgehead atoms. The van der Waals surface area contributed by atoms with Gasteiger partial charge in [-0.25, -0.2) is 5.10 Å². The number of ether oxygens (including phenoxy) is 1. The van der Waals surface area contributed by atoms with Crippen molar-refractivity contribution in [2.45, 2.75) is 0 Å². The first kappa shape index (κ1) is 20.1. The van der Waals surface area contributed by atoms with Gasteiger partial charge in [-0.1, -0.05) is 23.7 Å². The molecule has 156 valence electrons. The van der Waals surface area contributed by atoms with Crippen molar-refractivity contribution in [1.82, 2.24) is 25.5 Å². The minimum atomic E-state index is -0.306. The number of H-pyrrole nitrogens is 1. The number of amides is 1. The van der Waals surface area contributed by atoms with Crippen molar-refractivity contribution in [2.24, 2.45) is 0 Å². The van der Waals surface area contributed by atoms with Crippen LogP contribution in [0.5, 0.6) is 5.75 Å². The van der Waals surface area contributed by atoms with Gasteiger partial charge in [0.05, 0.1) is 11.4 Å². The Morgan fingerprint density at radius 2 is 2.00 bits per heavy atom. The van der Waals surface area contributed by atoms with Crippen LogP contribution in [-0.4, -0.2) is 71.3 Å². The summed E-state index contributed by atoms with van der Waals surface area (Å²) in [6.07, 6.45) is 0. The van der Waals surface area contributed by atoms with Crippen LogP contribution in [0, 0.1) is 0 Å². The van der Waals surface area contributed by atoms with E-state index >= 15 is 0 Å². The summed E-state index contributed by atoms with van der Waals surface area (Å²) >= 11 is 6.10. The Hall–Kier alpha value is -3.17. The molecule has 2 aromatic carbocycles. The number of anilines is 2. The van der Waals surface area contributed by atoms with Gasteiger partial charge in [0.15, 0.2) is 12.4 Å². The number of likely N-dealkylation sites (N-methyl/N-ethyl adjacent to an activating group) is 1. The summed E-state index contributed by atoms with van der Waals surface area (Å²) in [5.74, 6) is 0.811. The molecule has 1 fully saturated rings. The van der Waals surface area contributed by atoms with E-state index in [0.29, 0.717) is 27.8 Å². The third kappa shape index (κ3) is 4.69. The van der Waals surface area contributed by atoms with Gasteiger partial charge in [-0.15, -0.1) is 5.10 Å². The van der Waals surface area contributed by atoms with E-state index in [-0.39, 0.29) is 12.5 Å². The summed E-state index contributed by atoms with van der Waals surface area (Å²) in [7, 11) is 2.11. The second-order valence-electron chi connectivity index (χ2n) is 7.03. The lowest BCUT2D eigenvalue weighted by Crippen LogP contribution is -2.44. The summed E-state index contributed by atoms with van der Waals surface area (Å²) < 4.78 is 5.86. The number of hydrogen-bond acceptors (Lipinski definition) is 7. The van der Waals surface area contributed by atoms with Gasteiger partial charge in [0.1, 0.15) is 5.75 Å². The molecule has 0 unspecified atom stereocenters. The maximum atomic E-state index is 12.6. The number of para-hydroxylation sites is 2. The molecule has 0 atom stereocenters. The standard InChI is InChI=1S/C20H22ClN7O2/c1-27-8-10-28(11-9-27)17-4-2-3-5-18(17)30-13-19(29)22-16-12-14(21)6-7-15(16)20-23-25-26-24-20/h2-7,12H,8-11,13H2,1H3,(H,22,29)(H,23,24,25,26). The fourth-order valence-electron chi connectivity index (χ4n) is 3.32. The lowest BCUT2D eigenvalue weighted by atomic mass is 10.1. The molecule has 2 heterocycles. The average molecular weight is 428 g/mol. The van der Waals surface area contributed by atoms with Gasteiger partial charge in [0.25, 0.3) is 5.91 Å². The monoisotopic (exact) mass is 427 g/mol. The Balaban J connectivity index is 1.44. The second kappa shape index (κ2) is 9.10. The molecule has 30 heavy (non-hydrogen) atoms. The molecular formula is C20H22ClN7O2. The Kier molecular flexibility index (Phi) is 6.10. The van der Waals surface area contributed by atoms with Crippen molar-refractivity contribution in [3.63, 3.8) is 0 Å². The zero-order valence-electron chi connectivity index (χ0n) is 16.5. The maximum Gasteiger partial charge on any atom is 0.262 e. The third-order valence-corrected chi connectivity index (χ3v) is 5.16. The Morgan fingerprint density at radius 3 is 2.77 bits per heavy atom. The van der Waals surface area contributed by atoms with Gasteiger partial charge >= 0.3 is 0 Å². The number of benzene rings is 2. The number of piperazine rings is 1. The number of carbonyl (C=O) groups excluding carboxylic acids is 1. The van der Waals surface area contributed by atoms with Crippen LogP contribution in [0.1, 0.15) is 0 Å². The molecule has 2 N–H and O–H groups in total. The number of carbonyl (C=O) groups is 1. The van der Waals surface area contributed by atoms with Crippen LogP contribution in [0.15, 0.2) is 42.5 Å². The van der Waals surface area contributed by atoms with Crippen LogP contribution in [0.2, 0.25) is 5.02 Å². The molecule has 3 aromatic rings. The van der Waals surface area contributed by atoms with Gasteiger partial charge in [-0.2, -0.15) is 0 Å². The largest absolute Gasteiger partial charge is 0.482 e. The second-order valence-corrected chi connectivity index (χ2v) is 7.47. The van der Waals surface area contributed by atoms with E-state index in [2.05, 4.69) is 42.8 Å². The van der Waals surface area contributed by atoms with Crippen molar-refractivity contribution >= 4 is 28.9 Å². The summed E-state index contributed by atoms with van der Waals surface area (Å²) in [5, 5.41) is 17.1. The highest BCUT2D eigenvalue weighted by Crippen LogP contribution is 2.30. The zero-order valence-corrected chi connectivity index (χ0v) is 17.3. The molecular weight excluding hydrogens is 406 g/mol. The summed E-state index contributed by atoms with van der Waals surface area (Å²) in [6, 6.07) is 12.9. The first-order valence-electron chi connectivity index (χ1n) is 9.59. The molecule has 0 spiro atoms. The first-order valence-corrected chi connectivity index (χ1v) is 9.97. The number of nitrogens with zero attached hydrogens (tertiary/aromatic N) is 5. The molecule has 4 rings (SSSR count). The highest BCUT2D eigenvalue weighted by Gasteiger charge is 2.18. The zero-order chi connectivity index (χ0) is 20.9. The highest BCUT2D eigenvalue weighted by atomic mass is 35.5. The van der Waals surface area contributed by atoms with E-state index < -0.39 is 0 Å². The molecule has 9 nitrogen and oxygen atoms in total. The van der Waals surface area contributed by atoms with E-state index in [9.17, 15) is 4.79 Å². The van der Waals surface area contributed by atoms with Crippen molar-refractivity contribution in [2.75, 3.05) is 50.1 Å². The molecule has 0 saturated carbocycles. The van der Waals surface area contributed by atoms with Gasteiger partial charge < -0.3 is 19.9 Å². The van der Waals surface area contributed by atoms with Crippen LogP contribution < -0.4 is 15.0 Å². The van der Waals surface area contributed by atoms with E-state index in [1.54, 1.807) is 18.2 Å². The highest BCUT2D eigenvalue weighted by molar-refractivity contribution is 6.31. The quantitative estimate of drug-likeness (QED) is 0.622. The van der Waals surface area contributed by atoms with Crippen LogP contribution in [-0.2, 0) is 4.79 Å². The SMILES string of the molecule is CN1CCN(c2ccccc2OCC(=O)Nc2cc(Cl)ccc2-c2nnn[nH]2)CC1. The molecule has 1 aliphatic heterocycles. The maximum absolute atomic E-state index is 12.6. The molecule has 1 aromatic heterocycles. The number of aromatic amines is 1. The van der Waals surface area contributed by atoms with E-state index in [4.69, 9.17) is 16.3 Å². The molecule has 1 aliphatic rings. The predicted octanol–water partition coefficient (Wildman–Crippen LogP) is 2.29. The molecule has 0 aliphatic carbocycles. The summed E-state index contributed by atoms with van der Waals surface area (Å²) in [5.41, 5.74) is 2.13. The Labute approximate surface area is 179 Å². The number of hydrogen-bond donors (Lipinski definition) is 2. The fraction of sp³-hybridized carbons (Fsp3) is 0.300. The van der Waals surface area contributed by atoms with Crippen molar-refractivity contribution in [1.29, 1.82) is 0 Å². The molecule has 1 amide bonds. The number of nitrogens with one attached hydrogen (secondary N) is 2. The number of rotatable bonds is 6. The van der Waals surface area contributed by atoms with Crippen molar-refractivity contribution < 1.29 is 9.53 Å². The van der Waals surface area contributed by atoms with Gasteiger partial charge in [-0.05, 0) is 47.8 Å². The molecule has 1 saturated heterocycles. The molecule has 10 heteroatoms. The van der Waals surface area contributed by atoms with Crippen LogP contribution >= 0.6 is 11.6 Å². The lowest BCUT2D eigenvalue weighted by Gasteiger charge is -2.34. The van der Waals surface area contributed by atoms with Gasteiger partial charge in [0.2, 0.25) is 0 Å². The molecule has 0 radical (unpaired) electrons. The Bertz CT molecular complexity index is 1000. The lowest BCUT2D eigenvalue weighted by molar-refractivity contribution is -0.118. The van der Waals surface area contributed by atoms with E-state index in [0.717, 1.165) is 31.9 Å². The number of tetrazole rings is 1. The van der Waals surface area contributed by atoms with Crippen molar-refractivity contribution in [3.8, 4) is 17.1 Å². The van der Waals surface area contributed by atoms with Crippen LogP contribution in [0.3, 0.4) is 0 Å². The van der Waals surface area contributed by atoms with Crippen molar-refractivity contribution in [3.05, 3.63) is 47.5 Å². The third-order valence-electron chi connectivity index (χ3n) is 4.92. The van der Waals surface area contributed by atoms with Gasteiger partial charge in [0, 0.05) is 36.8 Å². The Morgan fingerprint density at radius 1 is 1.20 bits per heavy atom.